The first-order valence-electron chi connectivity index (χ1n) is 6.00. The molecule has 4 nitrogen and oxygen atoms in total. The first kappa shape index (κ1) is 11.9. The van der Waals surface area contributed by atoms with Crippen LogP contribution in [0.4, 0.5) is 0 Å². The number of aryl methyl sites for hydroxylation is 2. The second kappa shape index (κ2) is 5.19. The zero-order valence-electron chi connectivity index (χ0n) is 10.3. The molecular weight excluding hydrogens is 216 g/mol. The molecule has 92 valence electrons. The van der Waals surface area contributed by atoms with Crippen LogP contribution in [0.5, 0.6) is 0 Å². The van der Waals surface area contributed by atoms with E-state index in [1.807, 2.05) is 4.68 Å². The zero-order chi connectivity index (χ0) is 12.3. The minimum atomic E-state index is -0.527. The molecule has 2 aromatic heterocycles. The van der Waals surface area contributed by atoms with Crippen molar-refractivity contribution < 1.29 is 9.52 Å². The van der Waals surface area contributed by atoms with Crippen LogP contribution in [-0.4, -0.2) is 14.9 Å². The van der Waals surface area contributed by atoms with Crippen LogP contribution in [0.15, 0.2) is 29.1 Å². The highest BCUT2D eigenvalue weighted by Gasteiger charge is 2.14. The summed E-state index contributed by atoms with van der Waals surface area (Å²) >= 11 is 0. The third-order valence-electron chi connectivity index (χ3n) is 2.91. The van der Waals surface area contributed by atoms with Crippen molar-refractivity contribution in [3.63, 3.8) is 0 Å². The fourth-order valence-electron chi connectivity index (χ4n) is 1.91. The summed E-state index contributed by atoms with van der Waals surface area (Å²) < 4.78 is 6.92. The van der Waals surface area contributed by atoms with Crippen LogP contribution in [0.2, 0.25) is 0 Å². The van der Waals surface area contributed by atoms with Crippen molar-refractivity contribution in [2.75, 3.05) is 0 Å². The molecule has 0 saturated heterocycles. The SMILES string of the molecule is CCc1cc(CC(O)c2ccoc2)n(CC)n1. The molecule has 0 aromatic carbocycles. The standard InChI is InChI=1S/C13H18N2O2/c1-3-11-7-12(15(4-2)14-11)8-13(16)10-5-6-17-9-10/h5-7,9,13,16H,3-4,8H2,1-2H3. The number of aliphatic hydroxyl groups excluding tert-OH is 1. The smallest absolute Gasteiger partial charge is 0.0960 e. The van der Waals surface area contributed by atoms with Gasteiger partial charge in [-0.1, -0.05) is 6.92 Å². The highest BCUT2D eigenvalue weighted by molar-refractivity contribution is 5.16. The van der Waals surface area contributed by atoms with Gasteiger partial charge in [0.2, 0.25) is 0 Å². The van der Waals surface area contributed by atoms with E-state index in [2.05, 4.69) is 25.0 Å². The molecule has 0 aliphatic rings. The van der Waals surface area contributed by atoms with E-state index in [1.54, 1.807) is 18.6 Å². The van der Waals surface area contributed by atoms with Crippen molar-refractivity contribution in [3.8, 4) is 0 Å². The number of nitrogens with zero attached hydrogens (tertiary/aromatic N) is 2. The summed E-state index contributed by atoms with van der Waals surface area (Å²) in [7, 11) is 0. The zero-order valence-corrected chi connectivity index (χ0v) is 10.3. The maximum Gasteiger partial charge on any atom is 0.0960 e. The molecule has 2 rings (SSSR count). The van der Waals surface area contributed by atoms with Gasteiger partial charge in [-0.2, -0.15) is 5.10 Å². The largest absolute Gasteiger partial charge is 0.472 e. The van der Waals surface area contributed by atoms with E-state index in [9.17, 15) is 5.11 Å². The Labute approximate surface area is 101 Å². The van der Waals surface area contributed by atoms with Crippen LogP contribution in [0.1, 0.15) is 36.9 Å². The van der Waals surface area contributed by atoms with Gasteiger partial charge < -0.3 is 9.52 Å². The molecule has 0 spiro atoms. The van der Waals surface area contributed by atoms with Crippen LogP contribution >= 0.6 is 0 Å². The Morgan fingerprint density at radius 3 is 2.88 bits per heavy atom. The van der Waals surface area contributed by atoms with Gasteiger partial charge >= 0.3 is 0 Å². The average molecular weight is 234 g/mol. The Balaban J connectivity index is 2.15. The van der Waals surface area contributed by atoms with Crippen molar-refractivity contribution in [2.45, 2.75) is 39.3 Å². The maximum absolute atomic E-state index is 10.1. The van der Waals surface area contributed by atoms with E-state index < -0.39 is 6.10 Å². The molecule has 0 radical (unpaired) electrons. The van der Waals surface area contributed by atoms with Crippen molar-refractivity contribution in [1.29, 1.82) is 0 Å². The van der Waals surface area contributed by atoms with Gasteiger partial charge in [-0.25, -0.2) is 0 Å². The van der Waals surface area contributed by atoms with Crippen molar-refractivity contribution in [3.05, 3.63) is 41.6 Å². The molecule has 1 atom stereocenters. The van der Waals surface area contributed by atoms with E-state index in [0.29, 0.717) is 6.42 Å². The molecule has 0 fully saturated rings. The lowest BCUT2D eigenvalue weighted by Crippen LogP contribution is -2.07. The number of furan rings is 1. The van der Waals surface area contributed by atoms with Crippen LogP contribution in [-0.2, 0) is 19.4 Å². The van der Waals surface area contributed by atoms with Crippen molar-refractivity contribution in [2.24, 2.45) is 0 Å². The summed E-state index contributed by atoms with van der Waals surface area (Å²) in [5, 5.41) is 14.5. The number of hydrogen-bond donors (Lipinski definition) is 1. The minimum absolute atomic E-state index is 0.527. The number of hydrogen-bond acceptors (Lipinski definition) is 3. The fourth-order valence-corrected chi connectivity index (χ4v) is 1.91. The Morgan fingerprint density at radius 2 is 2.29 bits per heavy atom. The highest BCUT2D eigenvalue weighted by atomic mass is 16.3. The summed E-state index contributed by atoms with van der Waals surface area (Å²) in [5.41, 5.74) is 2.95. The average Bonchev–Trinajstić information content (AvgIpc) is 2.97. The first-order valence-corrected chi connectivity index (χ1v) is 6.00. The Kier molecular flexibility index (Phi) is 3.64. The second-order valence-corrected chi connectivity index (χ2v) is 4.07. The van der Waals surface area contributed by atoms with Gasteiger partial charge in [0.15, 0.2) is 0 Å². The van der Waals surface area contributed by atoms with Gasteiger partial charge in [-0.3, -0.25) is 4.68 Å². The van der Waals surface area contributed by atoms with Crippen LogP contribution in [0.25, 0.3) is 0 Å². The Bertz CT molecular complexity index is 460. The molecule has 17 heavy (non-hydrogen) atoms. The number of rotatable bonds is 5. The Morgan fingerprint density at radius 1 is 1.47 bits per heavy atom. The van der Waals surface area contributed by atoms with Crippen LogP contribution in [0.3, 0.4) is 0 Å². The van der Waals surface area contributed by atoms with Crippen molar-refractivity contribution >= 4 is 0 Å². The van der Waals surface area contributed by atoms with Gasteiger partial charge in [-0.15, -0.1) is 0 Å². The van der Waals surface area contributed by atoms with Gasteiger partial charge in [-0.05, 0) is 25.5 Å². The summed E-state index contributed by atoms with van der Waals surface area (Å²) in [6.45, 7) is 4.96. The monoisotopic (exact) mass is 234 g/mol. The minimum Gasteiger partial charge on any atom is -0.472 e. The molecule has 2 heterocycles. The molecule has 1 unspecified atom stereocenters. The molecule has 0 aliphatic carbocycles. The molecule has 2 aromatic rings. The van der Waals surface area contributed by atoms with E-state index >= 15 is 0 Å². The maximum atomic E-state index is 10.1. The molecule has 0 bridgehead atoms. The third kappa shape index (κ3) is 2.58. The van der Waals surface area contributed by atoms with Gasteiger partial charge in [0, 0.05) is 24.2 Å². The normalized spacial score (nSPS) is 12.9. The Hall–Kier alpha value is -1.55. The van der Waals surface area contributed by atoms with Crippen molar-refractivity contribution in [1.82, 2.24) is 9.78 Å². The second-order valence-electron chi connectivity index (χ2n) is 4.07. The number of aromatic nitrogens is 2. The van der Waals surface area contributed by atoms with Gasteiger partial charge in [0.25, 0.3) is 0 Å². The summed E-state index contributed by atoms with van der Waals surface area (Å²) in [6, 6.07) is 3.85. The lowest BCUT2D eigenvalue weighted by Gasteiger charge is -2.09. The molecule has 0 amide bonds. The molecule has 0 aliphatic heterocycles. The molecule has 4 heteroatoms. The topological polar surface area (TPSA) is 51.2 Å². The van der Waals surface area contributed by atoms with Gasteiger partial charge in [0.05, 0.1) is 24.3 Å². The molecule has 1 N–H and O–H groups in total. The lowest BCUT2D eigenvalue weighted by molar-refractivity contribution is 0.174. The van der Waals surface area contributed by atoms with Crippen LogP contribution < -0.4 is 0 Å². The predicted octanol–water partition coefficient (Wildman–Crippen LogP) is 2.33. The first-order chi connectivity index (χ1) is 8.24. The predicted molar refractivity (Wildman–Crippen MR) is 64.7 cm³/mol. The van der Waals surface area contributed by atoms with E-state index in [1.165, 1.54) is 0 Å². The quantitative estimate of drug-likeness (QED) is 0.863. The van der Waals surface area contributed by atoms with Gasteiger partial charge in [0.1, 0.15) is 0 Å². The number of aliphatic hydroxyl groups is 1. The fraction of sp³-hybridized carbons (Fsp3) is 0.462. The summed E-state index contributed by atoms with van der Waals surface area (Å²) in [6.07, 6.45) is 4.12. The third-order valence-corrected chi connectivity index (χ3v) is 2.91. The molecular formula is C13H18N2O2. The van der Waals surface area contributed by atoms with E-state index in [0.717, 1.165) is 29.9 Å². The van der Waals surface area contributed by atoms with E-state index in [-0.39, 0.29) is 0 Å². The molecule has 0 saturated carbocycles. The lowest BCUT2D eigenvalue weighted by atomic mass is 10.1. The van der Waals surface area contributed by atoms with Crippen LogP contribution in [0, 0.1) is 0 Å². The summed E-state index contributed by atoms with van der Waals surface area (Å²) in [4.78, 5) is 0. The summed E-state index contributed by atoms with van der Waals surface area (Å²) in [5.74, 6) is 0. The van der Waals surface area contributed by atoms with E-state index in [4.69, 9.17) is 4.42 Å². The highest BCUT2D eigenvalue weighted by Crippen LogP contribution is 2.19.